The Morgan fingerprint density at radius 3 is 2.38 bits per heavy atom. The van der Waals surface area contributed by atoms with Gasteiger partial charge in [-0.25, -0.2) is 0 Å². The molecule has 0 radical (unpaired) electrons. The van der Waals surface area contributed by atoms with Crippen molar-refractivity contribution in [3.05, 3.63) is 21.9 Å². The summed E-state index contributed by atoms with van der Waals surface area (Å²) in [4.78, 5) is 5.25. The van der Waals surface area contributed by atoms with Crippen LogP contribution in [0.5, 0.6) is 0 Å². The highest BCUT2D eigenvalue weighted by atomic mass is 32.1. The zero-order chi connectivity index (χ0) is 15.2. The summed E-state index contributed by atoms with van der Waals surface area (Å²) in [6, 6.07) is 4.49. The lowest BCUT2D eigenvalue weighted by Gasteiger charge is -2.13. The van der Waals surface area contributed by atoms with Crippen LogP contribution < -0.4 is 5.32 Å². The fourth-order valence-corrected chi connectivity index (χ4v) is 3.74. The first-order chi connectivity index (χ1) is 10.1. The number of ether oxygens (including phenoxy) is 2. The molecule has 2 unspecified atom stereocenters. The lowest BCUT2D eigenvalue weighted by molar-refractivity contribution is -0.00461. The minimum atomic E-state index is 0.196. The van der Waals surface area contributed by atoms with Crippen LogP contribution in [0, 0.1) is 5.92 Å². The number of nitrogens with zero attached hydrogens (tertiary/aromatic N) is 1. The third-order valence-electron chi connectivity index (χ3n) is 3.85. The second-order valence-corrected chi connectivity index (χ2v) is 7.39. The van der Waals surface area contributed by atoms with Crippen molar-refractivity contribution in [3.63, 3.8) is 0 Å². The first-order valence-corrected chi connectivity index (χ1v) is 8.50. The molecule has 5 heteroatoms. The molecule has 1 aliphatic rings. The zero-order valence-corrected chi connectivity index (χ0v) is 14.4. The molecular weight excluding hydrogens is 284 g/mol. The van der Waals surface area contributed by atoms with E-state index in [1.807, 2.05) is 11.3 Å². The number of hydrogen-bond acceptors (Lipinski definition) is 5. The molecule has 2 atom stereocenters. The molecule has 1 N–H and O–H groups in total. The van der Waals surface area contributed by atoms with Gasteiger partial charge in [-0.05, 0) is 24.6 Å². The Bertz CT molecular complexity index is 410. The summed E-state index contributed by atoms with van der Waals surface area (Å²) < 4.78 is 11.0. The third kappa shape index (κ3) is 5.04. The minimum Gasteiger partial charge on any atom is -0.377 e. The van der Waals surface area contributed by atoms with Gasteiger partial charge in [0.2, 0.25) is 0 Å². The molecule has 1 fully saturated rings. The molecule has 0 amide bonds. The summed E-state index contributed by atoms with van der Waals surface area (Å²) in [7, 11) is 3.54. The van der Waals surface area contributed by atoms with Crippen LogP contribution in [0.15, 0.2) is 12.1 Å². The molecule has 1 aromatic heterocycles. The molecule has 2 rings (SSSR count). The molecule has 0 bridgehead atoms. The normalized spacial score (nSPS) is 23.3. The Balaban J connectivity index is 1.80. The Hall–Kier alpha value is -0.460. The van der Waals surface area contributed by atoms with E-state index in [2.05, 4.69) is 36.2 Å². The zero-order valence-electron chi connectivity index (χ0n) is 13.6. The van der Waals surface area contributed by atoms with Gasteiger partial charge in [-0.2, -0.15) is 0 Å². The fraction of sp³-hybridized carbons (Fsp3) is 0.750. The number of likely N-dealkylation sites (tertiary alicyclic amines) is 1. The van der Waals surface area contributed by atoms with Crippen LogP contribution in [0.2, 0.25) is 0 Å². The van der Waals surface area contributed by atoms with E-state index in [0.717, 1.165) is 32.7 Å². The van der Waals surface area contributed by atoms with E-state index in [1.54, 1.807) is 14.2 Å². The van der Waals surface area contributed by atoms with Crippen molar-refractivity contribution < 1.29 is 9.47 Å². The van der Waals surface area contributed by atoms with Crippen LogP contribution in [-0.2, 0) is 22.6 Å². The molecule has 120 valence electrons. The predicted octanol–water partition coefficient (Wildman–Crippen LogP) is 2.34. The van der Waals surface area contributed by atoms with E-state index in [-0.39, 0.29) is 12.2 Å². The van der Waals surface area contributed by atoms with Crippen LogP contribution in [-0.4, -0.2) is 51.0 Å². The molecule has 0 aliphatic carbocycles. The predicted molar refractivity (Wildman–Crippen MR) is 87.7 cm³/mol. The molecule has 1 saturated heterocycles. The van der Waals surface area contributed by atoms with Gasteiger partial charge in [-0.3, -0.25) is 4.90 Å². The Kier molecular flexibility index (Phi) is 6.64. The second-order valence-electron chi connectivity index (χ2n) is 6.14. The van der Waals surface area contributed by atoms with Crippen molar-refractivity contribution >= 4 is 11.3 Å². The van der Waals surface area contributed by atoms with Gasteiger partial charge >= 0.3 is 0 Å². The van der Waals surface area contributed by atoms with Crippen molar-refractivity contribution in [2.75, 3.05) is 33.9 Å². The van der Waals surface area contributed by atoms with Crippen LogP contribution >= 0.6 is 11.3 Å². The number of hydrogen-bond donors (Lipinski definition) is 1. The maximum absolute atomic E-state index is 5.49. The van der Waals surface area contributed by atoms with E-state index in [0.29, 0.717) is 5.92 Å². The van der Waals surface area contributed by atoms with Crippen LogP contribution in [0.3, 0.4) is 0 Å². The summed E-state index contributed by atoms with van der Waals surface area (Å²) >= 11 is 1.90. The molecule has 0 aromatic carbocycles. The molecule has 1 aromatic rings. The molecular formula is C16H28N2O2S. The summed E-state index contributed by atoms with van der Waals surface area (Å²) in [5, 5.41) is 3.50. The van der Waals surface area contributed by atoms with Crippen molar-refractivity contribution in [1.82, 2.24) is 10.2 Å². The van der Waals surface area contributed by atoms with E-state index in [4.69, 9.17) is 9.47 Å². The van der Waals surface area contributed by atoms with Crippen molar-refractivity contribution in [1.29, 1.82) is 0 Å². The number of methoxy groups -OCH3 is 2. The quantitative estimate of drug-likeness (QED) is 0.799. The van der Waals surface area contributed by atoms with Gasteiger partial charge < -0.3 is 14.8 Å². The fourth-order valence-electron chi connectivity index (χ4n) is 2.71. The maximum atomic E-state index is 5.49. The summed E-state index contributed by atoms with van der Waals surface area (Å²) in [6.07, 6.45) is 0.393. The largest absolute Gasteiger partial charge is 0.377 e. The second kappa shape index (κ2) is 8.25. The smallest absolute Gasteiger partial charge is 0.0971 e. The SMILES string of the molecule is COC1CN(Cc2ccc(CNCC(C)C)s2)CC1OC. The lowest BCUT2D eigenvalue weighted by Crippen LogP contribution is -2.27. The van der Waals surface area contributed by atoms with Gasteiger partial charge in [0, 0.05) is 50.2 Å². The van der Waals surface area contributed by atoms with E-state index >= 15 is 0 Å². The minimum absolute atomic E-state index is 0.196. The first kappa shape index (κ1) is 16.9. The van der Waals surface area contributed by atoms with Crippen LogP contribution in [0.1, 0.15) is 23.6 Å². The average Bonchev–Trinajstić information content (AvgIpc) is 3.05. The summed E-state index contributed by atoms with van der Waals surface area (Å²) in [5.41, 5.74) is 0. The topological polar surface area (TPSA) is 33.7 Å². The third-order valence-corrected chi connectivity index (χ3v) is 4.92. The highest BCUT2D eigenvalue weighted by Gasteiger charge is 2.32. The van der Waals surface area contributed by atoms with Crippen LogP contribution in [0.25, 0.3) is 0 Å². The van der Waals surface area contributed by atoms with Crippen LogP contribution in [0.4, 0.5) is 0 Å². The molecule has 21 heavy (non-hydrogen) atoms. The number of rotatable bonds is 8. The lowest BCUT2D eigenvalue weighted by atomic mass is 10.2. The van der Waals surface area contributed by atoms with Gasteiger partial charge in [-0.15, -0.1) is 11.3 Å². The number of nitrogens with one attached hydrogen (secondary N) is 1. The Labute approximate surface area is 132 Å². The molecule has 4 nitrogen and oxygen atoms in total. The van der Waals surface area contributed by atoms with Gasteiger partial charge in [0.05, 0.1) is 12.2 Å². The molecule has 1 aliphatic heterocycles. The van der Waals surface area contributed by atoms with Crippen molar-refractivity contribution in [2.45, 2.75) is 39.1 Å². The standard InChI is InChI=1S/C16H28N2O2S/c1-12(2)7-17-8-13-5-6-14(21-13)9-18-10-15(19-3)16(11-18)20-4/h5-6,12,15-17H,7-11H2,1-4H3. The first-order valence-electron chi connectivity index (χ1n) is 7.68. The van der Waals surface area contributed by atoms with E-state index in [9.17, 15) is 0 Å². The highest BCUT2D eigenvalue weighted by Crippen LogP contribution is 2.22. The van der Waals surface area contributed by atoms with E-state index in [1.165, 1.54) is 9.75 Å². The van der Waals surface area contributed by atoms with Gasteiger partial charge in [-0.1, -0.05) is 13.8 Å². The van der Waals surface area contributed by atoms with Crippen molar-refractivity contribution in [3.8, 4) is 0 Å². The number of thiophene rings is 1. The van der Waals surface area contributed by atoms with Gasteiger partial charge in [0.25, 0.3) is 0 Å². The summed E-state index contributed by atoms with van der Waals surface area (Å²) in [6.45, 7) is 9.42. The van der Waals surface area contributed by atoms with E-state index < -0.39 is 0 Å². The maximum Gasteiger partial charge on any atom is 0.0971 e. The summed E-state index contributed by atoms with van der Waals surface area (Å²) in [5.74, 6) is 0.700. The Morgan fingerprint density at radius 1 is 1.19 bits per heavy atom. The Morgan fingerprint density at radius 2 is 1.81 bits per heavy atom. The molecule has 0 spiro atoms. The molecule has 0 saturated carbocycles. The van der Waals surface area contributed by atoms with Gasteiger partial charge in [0.15, 0.2) is 0 Å². The van der Waals surface area contributed by atoms with Crippen molar-refractivity contribution in [2.24, 2.45) is 5.92 Å². The molecule has 2 heterocycles. The average molecular weight is 312 g/mol. The monoisotopic (exact) mass is 312 g/mol. The highest BCUT2D eigenvalue weighted by molar-refractivity contribution is 7.11. The van der Waals surface area contributed by atoms with Gasteiger partial charge in [0.1, 0.15) is 0 Å².